The van der Waals surface area contributed by atoms with Crippen LogP contribution in [0.3, 0.4) is 0 Å². The van der Waals surface area contributed by atoms with E-state index in [0.29, 0.717) is 0 Å². The third-order valence-corrected chi connectivity index (χ3v) is 3.44. The number of alkyl carbamates (subject to hydrolysis) is 1. The van der Waals surface area contributed by atoms with E-state index in [1.165, 1.54) is 0 Å². The fraction of sp³-hybridized carbons (Fsp3) is 0.188. The average molecular weight is 350 g/mol. The molecule has 0 aromatic heterocycles. The lowest BCUT2D eigenvalue weighted by molar-refractivity contribution is 0.126. The van der Waals surface area contributed by atoms with Crippen molar-refractivity contribution in [2.24, 2.45) is 0 Å². The van der Waals surface area contributed by atoms with E-state index in [0.717, 1.165) is 15.6 Å². The van der Waals surface area contributed by atoms with Gasteiger partial charge < -0.3 is 15.2 Å². The Hall–Kier alpha value is -1.85. The van der Waals surface area contributed by atoms with E-state index in [1.54, 1.807) is 12.1 Å². The summed E-state index contributed by atoms with van der Waals surface area (Å²) in [5.41, 5.74) is 1.66. The van der Waals surface area contributed by atoms with Crippen LogP contribution in [0.1, 0.15) is 17.2 Å². The summed E-state index contributed by atoms with van der Waals surface area (Å²) in [5.74, 6) is 0. The molecule has 0 fully saturated rings. The van der Waals surface area contributed by atoms with Gasteiger partial charge in [-0.3, -0.25) is 0 Å². The fourth-order valence-electron chi connectivity index (χ4n) is 1.76. The van der Waals surface area contributed by atoms with Crippen molar-refractivity contribution < 1.29 is 14.6 Å². The van der Waals surface area contributed by atoms with Crippen molar-refractivity contribution >= 4 is 22.0 Å². The Morgan fingerprint density at radius 2 is 1.81 bits per heavy atom. The molecule has 21 heavy (non-hydrogen) atoms. The van der Waals surface area contributed by atoms with Gasteiger partial charge in [0.1, 0.15) is 6.61 Å². The van der Waals surface area contributed by atoms with Crippen LogP contribution >= 0.6 is 15.9 Å². The molecule has 1 atom stereocenters. The monoisotopic (exact) mass is 349 g/mol. The molecular formula is C16H16BrNO3. The van der Waals surface area contributed by atoms with Crippen LogP contribution in [-0.4, -0.2) is 17.7 Å². The smallest absolute Gasteiger partial charge is 0.407 e. The molecule has 4 nitrogen and oxygen atoms in total. The van der Waals surface area contributed by atoms with E-state index in [2.05, 4.69) is 21.2 Å². The summed E-state index contributed by atoms with van der Waals surface area (Å²) in [6.07, 6.45) is -1.31. The van der Waals surface area contributed by atoms with Crippen LogP contribution < -0.4 is 5.32 Å². The summed E-state index contributed by atoms with van der Waals surface area (Å²) >= 11 is 3.33. The molecule has 1 amide bonds. The molecule has 0 heterocycles. The van der Waals surface area contributed by atoms with Crippen molar-refractivity contribution in [2.75, 3.05) is 6.54 Å². The number of carbonyl (C=O) groups excluding carboxylic acids is 1. The molecule has 2 rings (SSSR count). The first-order valence-electron chi connectivity index (χ1n) is 6.53. The second kappa shape index (κ2) is 7.81. The van der Waals surface area contributed by atoms with Gasteiger partial charge in [0.15, 0.2) is 0 Å². The summed E-state index contributed by atoms with van der Waals surface area (Å²) in [6.45, 7) is 0.316. The van der Waals surface area contributed by atoms with E-state index >= 15 is 0 Å². The van der Waals surface area contributed by atoms with Gasteiger partial charge in [0.2, 0.25) is 0 Å². The molecule has 0 spiro atoms. The lowest BCUT2D eigenvalue weighted by atomic mass is 10.1. The molecule has 0 saturated heterocycles. The van der Waals surface area contributed by atoms with Crippen molar-refractivity contribution in [3.63, 3.8) is 0 Å². The van der Waals surface area contributed by atoms with Crippen LogP contribution in [-0.2, 0) is 11.3 Å². The Kier molecular flexibility index (Phi) is 5.78. The van der Waals surface area contributed by atoms with Gasteiger partial charge in [-0.05, 0) is 23.3 Å². The Balaban J connectivity index is 1.74. The summed E-state index contributed by atoms with van der Waals surface area (Å²) in [5, 5.41) is 12.5. The molecule has 5 heteroatoms. The lowest BCUT2D eigenvalue weighted by Gasteiger charge is -2.12. The molecule has 0 aliphatic carbocycles. The highest BCUT2D eigenvalue weighted by Crippen LogP contribution is 2.16. The first-order chi connectivity index (χ1) is 10.1. The van der Waals surface area contributed by atoms with Crippen molar-refractivity contribution in [3.05, 3.63) is 70.2 Å². The second-order valence-corrected chi connectivity index (χ2v) is 5.43. The zero-order valence-electron chi connectivity index (χ0n) is 11.3. The number of hydrogen-bond acceptors (Lipinski definition) is 3. The number of halogens is 1. The normalized spacial score (nSPS) is 11.7. The summed E-state index contributed by atoms with van der Waals surface area (Å²) in [7, 11) is 0. The standard InChI is InChI=1S/C16H16BrNO3/c17-14-8-6-13(7-9-14)15(19)10-18-16(20)21-11-12-4-2-1-3-5-12/h1-9,15,19H,10-11H2,(H,18,20). The van der Waals surface area contributed by atoms with E-state index in [4.69, 9.17) is 4.74 Å². The van der Waals surface area contributed by atoms with Crippen molar-refractivity contribution in [3.8, 4) is 0 Å². The van der Waals surface area contributed by atoms with Gasteiger partial charge in [-0.1, -0.05) is 58.4 Å². The van der Waals surface area contributed by atoms with E-state index in [-0.39, 0.29) is 13.2 Å². The number of aliphatic hydroxyl groups excluding tert-OH is 1. The molecule has 2 aromatic carbocycles. The number of carbonyl (C=O) groups is 1. The molecule has 0 radical (unpaired) electrons. The van der Waals surface area contributed by atoms with Crippen molar-refractivity contribution in [1.29, 1.82) is 0 Å². The first-order valence-corrected chi connectivity index (χ1v) is 7.32. The molecular weight excluding hydrogens is 334 g/mol. The average Bonchev–Trinajstić information content (AvgIpc) is 2.52. The predicted molar refractivity (Wildman–Crippen MR) is 83.7 cm³/mol. The second-order valence-electron chi connectivity index (χ2n) is 4.51. The molecule has 0 aliphatic heterocycles. The quantitative estimate of drug-likeness (QED) is 0.869. The number of ether oxygens (including phenoxy) is 1. The number of aliphatic hydroxyl groups is 1. The molecule has 0 bridgehead atoms. The maximum atomic E-state index is 11.6. The van der Waals surface area contributed by atoms with Crippen LogP contribution in [0, 0.1) is 0 Å². The maximum Gasteiger partial charge on any atom is 0.407 e. The van der Waals surface area contributed by atoms with Crippen LogP contribution in [0.2, 0.25) is 0 Å². The Morgan fingerprint density at radius 1 is 1.14 bits per heavy atom. The fourth-order valence-corrected chi connectivity index (χ4v) is 2.02. The molecule has 0 saturated carbocycles. The van der Waals surface area contributed by atoms with Gasteiger partial charge in [-0.25, -0.2) is 4.79 Å². The van der Waals surface area contributed by atoms with Gasteiger partial charge in [0.25, 0.3) is 0 Å². The van der Waals surface area contributed by atoms with Crippen LogP contribution in [0.25, 0.3) is 0 Å². The van der Waals surface area contributed by atoms with Crippen LogP contribution in [0.15, 0.2) is 59.1 Å². The number of nitrogens with one attached hydrogen (secondary N) is 1. The SMILES string of the molecule is O=C(NCC(O)c1ccc(Br)cc1)OCc1ccccc1. The van der Waals surface area contributed by atoms with Gasteiger partial charge in [-0.2, -0.15) is 0 Å². The van der Waals surface area contributed by atoms with E-state index in [9.17, 15) is 9.90 Å². The largest absolute Gasteiger partial charge is 0.445 e. The molecule has 2 N–H and O–H groups in total. The topological polar surface area (TPSA) is 58.6 Å². The highest BCUT2D eigenvalue weighted by molar-refractivity contribution is 9.10. The van der Waals surface area contributed by atoms with Crippen LogP contribution in [0.5, 0.6) is 0 Å². The number of hydrogen-bond donors (Lipinski definition) is 2. The first kappa shape index (κ1) is 15.5. The minimum absolute atomic E-state index is 0.106. The predicted octanol–water partition coefficient (Wildman–Crippen LogP) is 3.41. The Bertz CT molecular complexity index is 572. The van der Waals surface area contributed by atoms with E-state index in [1.807, 2.05) is 42.5 Å². The molecule has 110 valence electrons. The Morgan fingerprint density at radius 3 is 2.48 bits per heavy atom. The zero-order chi connectivity index (χ0) is 15.1. The minimum atomic E-state index is -0.762. The number of amides is 1. The number of rotatable bonds is 5. The summed E-state index contributed by atoms with van der Waals surface area (Å²) in [4.78, 5) is 11.6. The third-order valence-electron chi connectivity index (χ3n) is 2.91. The van der Waals surface area contributed by atoms with E-state index < -0.39 is 12.2 Å². The van der Waals surface area contributed by atoms with Gasteiger partial charge in [-0.15, -0.1) is 0 Å². The Labute approximate surface area is 131 Å². The molecule has 1 unspecified atom stereocenters. The van der Waals surface area contributed by atoms with Crippen molar-refractivity contribution in [1.82, 2.24) is 5.32 Å². The summed E-state index contributed by atoms with van der Waals surface area (Å²) < 4.78 is 6.00. The molecule has 2 aromatic rings. The third kappa shape index (κ3) is 5.21. The highest BCUT2D eigenvalue weighted by Gasteiger charge is 2.10. The highest BCUT2D eigenvalue weighted by atomic mass is 79.9. The zero-order valence-corrected chi connectivity index (χ0v) is 12.9. The lowest BCUT2D eigenvalue weighted by Crippen LogP contribution is -2.28. The number of benzene rings is 2. The van der Waals surface area contributed by atoms with Gasteiger partial charge >= 0.3 is 6.09 Å². The van der Waals surface area contributed by atoms with Crippen LogP contribution in [0.4, 0.5) is 4.79 Å². The van der Waals surface area contributed by atoms with Gasteiger partial charge in [0.05, 0.1) is 12.6 Å². The summed E-state index contributed by atoms with van der Waals surface area (Å²) in [6, 6.07) is 16.7. The molecule has 0 aliphatic rings. The van der Waals surface area contributed by atoms with Gasteiger partial charge in [0, 0.05) is 4.47 Å². The minimum Gasteiger partial charge on any atom is -0.445 e. The maximum absolute atomic E-state index is 11.6. The van der Waals surface area contributed by atoms with Crippen molar-refractivity contribution in [2.45, 2.75) is 12.7 Å².